The first-order chi connectivity index (χ1) is 28.5. The summed E-state index contributed by atoms with van der Waals surface area (Å²) in [5.41, 5.74) is 0. The van der Waals surface area contributed by atoms with Crippen LogP contribution in [0.3, 0.4) is 0 Å². The second kappa shape index (κ2) is 45.6. The van der Waals surface area contributed by atoms with Crippen LogP contribution in [0, 0.1) is 0 Å². The number of esters is 1. The molecular weight excluding hydrogens is 719 g/mol. The van der Waals surface area contributed by atoms with Crippen LogP contribution in [-0.2, 0) is 14.3 Å². The van der Waals surface area contributed by atoms with E-state index in [1.54, 1.807) is 0 Å². The van der Waals surface area contributed by atoms with Crippen LogP contribution in [0.1, 0.15) is 233 Å². The molecular formula is C52H93NO5. The van der Waals surface area contributed by atoms with Crippen LogP contribution in [-0.4, -0.2) is 46.9 Å². The standard InChI is InChI=1S/C52H93NO5/c1-4-7-10-13-16-19-21-23-25-27-29-32-34-37-40-43-48(46-51(56)53-49(47-54)50(55)44-41-38-35-31-18-15-12-9-6-3)58-52(57)45-42-39-36-33-30-28-26-24-22-20-17-14-11-8-5-2/h16-17,19-20,22-25,29,32,48-50,54-55H,4-15,18,21,26-28,30-31,33-47H2,1-3H3,(H,53,56)/b19-16-,20-17+,24-22+,25-23-,32-29-. The van der Waals surface area contributed by atoms with E-state index in [4.69, 9.17) is 4.74 Å². The molecule has 6 heteroatoms. The van der Waals surface area contributed by atoms with Gasteiger partial charge in [-0.25, -0.2) is 0 Å². The summed E-state index contributed by atoms with van der Waals surface area (Å²) in [6.07, 6.45) is 55.6. The van der Waals surface area contributed by atoms with Crippen LogP contribution in [0.5, 0.6) is 0 Å². The fourth-order valence-electron chi connectivity index (χ4n) is 7.07. The smallest absolute Gasteiger partial charge is 0.306 e. The number of unbranched alkanes of at least 4 members (excludes halogenated alkanes) is 22. The number of rotatable bonds is 43. The largest absolute Gasteiger partial charge is 0.462 e. The fourth-order valence-corrected chi connectivity index (χ4v) is 7.07. The van der Waals surface area contributed by atoms with Gasteiger partial charge < -0.3 is 20.3 Å². The number of aliphatic hydroxyl groups is 2. The van der Waals surface area contributed by atoms with E-state index in [1.165, 1.54) is 109 Å². The van der Waals surface area contributed by atoms with Gasteiger partial charge in [0.2, 0.25) is 5.91 Å². The number of carbonyl (C=O) groups excluding carboxylic acids is 2. The lowest BCUT2D eigenvalue weighted by Crippen LogP contribution is -2.46. The maximum absolute atomic E-state index is 13.1. The zero-order valence-corrected chi connectivity index (χ0v) is 38.2. The third kappa shape index (κ3) is 40.3. The molecule has 0 rings (SSSR count). The molecule has 0 saturated heterocycles. The highest BCUT2D eigenvalue weighted by Crippen LogP contribution is 2.16. The molecule has 0 aliphatic carbocycles. The minimum Gasteiger partial charge on any atom is -0.462 e. The van der Waals surface area contributed by atoms with Gasteiger partial charge in [-0.1, -0.05) is 191 Å². The highest BCUT2D eigenvalue weighted by molar-refractivity contribution is 5.77. The fraction of sp³-hybridized carbons (Fsp3) is 0.769. The normalized spacial score (nSPS) is 13.8. The van der Waals surface area contributed by atoms with Crippen molar-refractivity contribution in [3.63, 3.8) is 0 Å². The molecule has 336 valence electrons. The Morgan fingerprint density at radius 1 is 0.517 bits per heavy atom. The summed E-state index contributed by atoms with van der Waals surface area (Å²) in [5.74, 6) is -0.527. The number of carbonyl (C=O) groups is 2. The molecule has 0 aliphatic rings. The van der Waals surface area contributed by atoms with Crippen molar-refractivity contribution in [1.29, 1.82) is 0 Å². The number of amides is 1. The molecule has 0 aromatic rings. The van der Waals surface area contributed by atoms with Gasteiger partial charge in [0, 0.05) is 6.42 Å². The van der Waals surface area contributed by atoms with E-state index in [2.05, 4.69) is 86.8 Å². The zero-order chi connectivity index (χ0) is 42.4. The number of allylic oxidation sites excluding steroid dienone is 10. The summed E-state index contributed by atoms with van der Waals surface area (Å²) in [7, 11) is 0. The van der Waals surface area contributed by atoms with Crippen LogP contribution < -0.4 is 5.32 Å². The van der Waals surface area contributed by atoms with E-state index < -0.39 is 18.2 Å². The Balaban J connectivity index is 4.69. The molecule has 3 N–H and O–H groups in total. The molecule has 0 fully saturated rings. The lowest BCUT2D eigenvalue weighted by atomic mass is 10.0. The molecule has 0 radical (unpaired) electrons. The molecule has 0 aliphatic heterocycles. The molecule has 6 nitrogen and oxygen atoms in total. The maximum atomic E-state index is 13.1. The van der Waals surface area contributed by atoms with Crippen LogP contribution >= 0.6 is 0 Å². The lowest BCUT2D eigenvalue weighted by molar-refractivity contribution is -0.151. The van der Waals surface area contributed by atoms with Gasteiger partial charge in [0.25, 0.3) is 0 Å². The van der Waals surface area contributed by atoms with Crippen LogP contribution in [0.2, 0.25) is 0 Å². The predicted octanol–water partition coefficient (Wildman–Crippen LogP) is 14.5. The third-order valence-corrected chi connectivity index (χ3v) is 10.8. The second-order valence-electron chi connectivity index (χ2n) is 16.5. The van der Waals surface area contributed by atoms with Crippen molar-refractivity contribution in [2.45, 2.75) is 251 Å². The Bertz CT molecular complexity index is 1050. The molecule has 0 aromatic heterocycles. The number of ether oxygens (including phenoxy) is 1. The van der Waals surface area contributed by atoms with Crippen LogP contribution in [0.25, 0.3) is 0 Å². The van der Waals surface area contributed by atoms with Crippen molar-refractivity contribution in [3.8, 4) is 0 Å². The Kier molecular flexibility index (Phi) is 43.7. The molecule has 0 aromatic carbocycles. The maximum Gasteiger partial charge on any atom is 0.306 e. The van der Waals surface area contributed by atoms with Crippen molar-refractivity contribution in [2.75, 3.05) is 6.61 Å². The Hall–Kier alpha value is -2.44. The van der Waals surface area contributed by atoms with E-state index >= 15 is 0 Å². The summed E-state index contributed by atoms with van der Waals surface area (Å²) in [4.78, 5) is 26.1. The Labute approximate surface area is 358 Å². The molecule has 0 saturated carbocycles. The van der Waals surface area contributed by atoms with Crippen molar-refractivity contribution < 1.29 is 24.5 Å². The van der Waals surface area contributed by atoms with Gasteiger partial charge in [-0.05, 0) is 89.9 Å². The Morgan fingerprint density at radius 3 is 1.48 bits per heavy atom. The first-order valence-electron chi connectivity index (χ1n) is 24.5. The first kappa shape index (κ1) is 55.6. The molecule has 3 unspecified atom stereocenters. The Morgan fingerprint density at radius 2 is 0.931 bits per heavy atom. The van der Waals surface area contributed by atoms with Crippen LogP contribution in [0.4, 0.5) is 0 Å². The number of hydrogen-bond donors (Lipinski definition) is 3. The van der Waals surface area contributed by atoms with Crippen molar-refractivity contribution in [1.82, 2.24) is 5.32 Å². The predicted molar refractivity (Wildman–Crippen MR) is 250 cm³/mol. The van der Waals surface area contributed by atoms with Gasteiger partial charge in [0.05, 0.1) is 25.2 Å². The van der Waals surface area contributed by atoms with Gasteiger partial charge in [-0.15, -0.1) is 0 Å². The quantitative estimate of drug-likeness (QED) is 0.0247. The number of nitrogens with one attached hydrogen (secondary N) is 1. The summed E-state index contributed by atoms with van der Waals surface area (Å²) >= 11 is 0. The van der Waals surface area contributed by atoms with Gasteiger partial charge in [0.15, 0.2) is 0 Å². The van der Waals surface area contributed by atoms with E-state index in [1.807, 2.05) is 0 Å². The highest BCUT2D eigenvalue weighted by Gasteiger charge is 2.24. The molecule has 3 atom stereocenters. The van der Waals surface area contributed by atoms with E-state index in [9.17, 15) is 19.8 Å². The second-order valence-corrected chi connectivity index (χ2v) is 16.5. The summed E-state index contributed by atoms with van der Waals surface area (Å²) < 4.78 is 5.90. The average molecular weight is 812 g/mol. The van der Waals surface area contributed by atoms with Crippen molar-refractivity contribution in [2.24, 2.45) is 0 Å². The van der Waals surface area contributed by atoms with E-state index in [0.717, 1.165) is 77.0 Å². The number of hydrogen-bond acceptors (Lipinski definition) is 5. The average Bonchev–Trinajstić information content (AvgIpc) is 3.22. The molecule has 0 heterocycles. The summed E-state index contributed by atoms with van der Waals surface area (Å²) in [6, 6.07) is -0.716. The zero-order valence-electron chi connectivity index (χ0n) is 38.2. The van der Waals surface area contributed by atoms with Crippen molar-refractivity contribution >= 4 is 11.9 Å². The number of aliphatic hydroxyl groups excluding tert-OH is 2. The molecule has 58 heavy (non-hydrogen) atoms. The topological polar surface area (TPSA) is 95.9 Å². The SMILES string of the molecule is CCCCC/C=C\C/C=C\C/C=C\CCCCC(CC(=O)NC(CO)C(O)CCCCCCCCCCC)OC(=O)CCCCCCCC/C=C/C=C/CCCCC. The van der Waals surface area contributed by atoms with Crippen LogP contribution in [0.15, 0.2) is 60.8 Å². The molecule has 0 spiro atoms. The minimum absolute atomic E-state index is 0.0454. The van der Waals surface area contributed by atoms with E-state index in [-0.39, 0.29) is 24.9 Å². The highest BCUT2D eigenvalue weighted by atomic mass is 16.5. The van der Waals surface area contributed by atoms with Gasteiger partial charge in [-0.3, -0.25) is 9.59 Å². The lowest BCUT2D eigenvalue weighted by Gasteiger charge is -2.24. The first-order valence-corrected chi connectivity index (χ1v) is 24.5. The third-order valence-electron chi connectivity index (χ3n) is 10.8. The van der Waals surface area contributed by atoms with E-state index in [0.29, 0.717) is 19.3 Å². The monoisotopic (exact) mass is 812 g/mol. The van der Waals surface area contributed by atoms with Gasteiger partial charge in [0.1, 0.15) is 6.10 Å². The minimum atomic E-state index is -0.799. The summed E-state index contributed by atoms with van der Waals surface area (Å²) in [5, 5.41) is 23.6. The molecule has 0 bridgehead atoms. The molecule has 1 amide bonds. The van der Waals surface area contributed by atoms with Gasteiger partial charge >= 0.3 is 5.97 Å². The van der Waals surface area contributed by atoms with Crippen molar-refractivity contribution in [3.05, 3.63) is 60.8 Å². The summed E-state index contributed by atoms with van der Waals surface area (Å²) in [6.45, 7) is 6.38. The van der Waals surface area contributed by atoms with Gasteiger partial charge in [-0.2, -0.15) is 0 Å².